The molecule has 0 bridgehead atoms. The first-order valence-corrected chi connectivity index (χ1v) is 5.28. The van der Waals surface area contributed by atoms with E-state index in [0.29, 0.717) is 24.3 Å². The van der Waals surface area contributed by atoms with Crippen molar-refractivity contribution in [3.63, 3.8) is 0 Å². The minimum absolute atomic E-state index is 0.00606. The molecule has 0 aliphatic rings. The number of hydrogen-bond donors (Lipinski definition) is 3. The molecule has 0 saturated carbocycles. The van der Waals surface area contributed by atoms with Gasteiger partial charge in [0.2, 0.25) is 0 Å². The Morgan fingerprint density at radius 1 is 1.44 bits per heavy atom. The average molecular weight is 225 g/mol. The van der Waals surface area contributed by atoms with Gasteiger partial charge in [-0.15, -0.1) is 0 Å². The van der Waals surface area contributed by atoms with Gasteiger partial charge in [0.05, 0.1) is 13.2 Å². The number of phenolic OH excluding ortho intramolecular Hbond substituents is 1. The highest BCUT2D eigenvalue weighted by Gasteiger charge is 2.18. The lowest BCUT2D eigenvalue weighted by molar-refractivity contribution is 0.165. The number of aromatic hydroxyl groups is 1. The number of rotatable bonds is 4. The summed E-state index contributed by atoms with van der Waals surface area (Å²) >= 11 is 0. The molecule has 4 heteroatoms. The molecule has 1 aromatic rings. The van der Waals surface area contributed by atoms with Crippen molar-refractivity contribution in [3.05, 3.63) is 22.8 Å². The zero-order chi connectivity index (χ0) is 12.3. The zero-order valence-electron chi connectivity index (χ0n) is 9.95. The van der Waals surface area contributed by atoms with E-state index in [9.17, 15) is 10.2 Å². The van der Waals surface area contributed by atoms with Gasteiger partial charge in [0.15, 0.2) is 11.5 Å². The first-order valence-electron chi connectivity index (χ1n) is 5.28. The number of nitrogens with two attached hydrogens (primary N) is 1. The third kappa shape index (κ3) is 2.28. The molecule has 1 unspecified atom stereocenters. The van der Waals surface area contributed by atoms with E-state index >= 15 is 0 Å². The predicted molar refractivity (Wildman–Crippen MR) is 62.8 cm³/mol. The van der Waals surface area contributed by atoms with Crippen LogP contribution >= 0.6 is 0 Å². The van der Waals surface area contributed by atoms with E-state index in [2.05, 4.69) is 0 Å². The molecule has 0 aliphatic heterocycles. The molecule has 0 heterocycles. The Labute approximate surface area is 95.7 Å². The van der Waals surface area contributed by atoms with Crippen molar-refractivity contribution in [2.24, 2.45) is 5.73 Å². The summed E-state index contributed by atoms with van der Waals surface area (Å²) in [5, 5.41) is 19.8. The van der Waals surface area contributed by atoms with Crippen molar-refractivity contribution in [2.75, 3.05) is 13.7 Å². The molecule has 0 amide bonds. The van der Waals surface area contributed by atoms with Crippen LogP contribution in [0.25, 0.3) is 0 Å². The second-order valence-electron chi connectivity index (χ2n) is 3.88. The second-order valence-corrected chi connectivity index (χ2v) is 3.88. The molecular formula is C12H19NO3. The highest BCUT2D eigenvalue weighted by molar-refractivity contribution is 5.54. The molecule has 0 fully saturated rings. The minimum Gasteiger partial charge on any atom is -0.504 e. The molecule has 1 aromatic carbocycles. The summed E-state index contributed by atoms with van der Waals surface area (Å²) in [6.45, 7) is 4.15. The Hall–Kier alpha value is -1.26. The molecule has 4 nitrogen and oxygen atoms in total. The summed E-state index contributed by atoms with van der Waals surface area (Å²) in [4.78, 5) is 0. The van der Waals surface area contributed by atoms with Gasteiger partial charge < -0.3 is 20.7 Å². The van der Waals surface area contributed by atoms with Crippen molar-refractivity contribution in [1.29, 1.82) is 0 Å². The fourth-order valence-corrected chi connectivity index (χ4v) is 1.71. The molecule has 0 aliphatic carbocycles. The van der Waals surface area contributed by atoms with Gasteiger partial charge in [-0.3, -0.25) is 0 Å². The first-order chi connectivity index (χ1) is 7.52. The normalized spacial score (nSPS) is 12.6. The van der Waals surface area contributed by atoms with Crippen LogP contribution in [-0.4, -0.2) is 23.9 Å². The van der Waals surface area contributed by atoms with Crippen LogP contribution in [0.2, 0.25) is 0 Å². The number of methoxy groups -OCH3 is 1. The predicted octanol–water partition coefficient (Wildman–Crippen LogP) is 1.40. The van der Waals surface area contributed by atoms with E-state index in [-0.39, 0.29) is 5.75 Å². The maximum absolute atomic E-state index is 9.97. The van der Waals surface area contributed by atoms with Crippen molar-refractivity contribution < 1.29 is 14.9 Å². The van der Waals surface area contributed by atoms with E-state index in [1.54, 1.807) is 6.07 Å². The smallest absolute Gasteiger partial charge is 0.164 e. The van der Waals surface area contributed by atoms with Crippen LogP contribution in [0.5, 0.6) is 11.5 Å². The summed E-state index contributed by atoms with van der Waals surface area (Å²) in [6, 6.07) is 1.77. The Morgan fingerprint density at radius 3 is 2.56 bits per heavy atom. The number of ether oxygens (including phenoxy) is 1. The van der Waals surface area contributed by atoms with Gasteiger partial charge in [-0.1, -0.05) is 0 Å². The van der Waals surface area contributed by atoms with Crippen LogP contribution in [0.15, 0.2) is 6.07 Å². The fourth-order valence-electron chi connectivity index (χ4n) is 1.71. The molecule has 16 heavy (non-hydrogen) atoms. The monoisotopic (exact) mass is 225 g/mol. The first kappa shape index (κ1) is 12.8. The molecule has 0 saturated heterocycles. The van der Waals surface area contributed by atoms with Crippen molar-refractivity contribution in [1.82, 2.24) is 0 Å². The lowest BCUT2D eigenvalue weighted by Crippen LogP contribution is -2.08. The van der Waals surface area contributed by atoms with Gasteiger partial charge in [-0.25, -0.2) is 0 Å². The van der Waals surface area contributed by atoms with E-state index in [4.69, 9.17) is 10.5 Å². The highest BCUT2D eigenvalue weighted by Crippen LogP contribution is 2.39. The van der Waals surface area contributed by atoms with Crippen LogP contribution < -0.4 is 10.5 Å². The minimum atomic E-state index is -0.752. The van der Waals surface area contributed by atoms with E-state index in [0.717, 1.165) is 11.1 Å². The van der Waals surface area contributed by atoms with E-state index in [1.165, 1.54) is 7.11 Å². The molecule has 1 rings (SSSR count). The molecule has 0 spiro atoms. The Bertz CT molecular complexity index is 377. The second kappa shape index (κ2) is 5.18. The number of benzene rings is 1. The number of aliphatic hydroxyl groups excluding tert-OH is 1. The number of phenols is 1. The van der Waals surface area contributed by atoms with Gasteiger partial charge in [-0.05, 0) is 44.0 Å². The lowest BCUT2D eigenvalue weighted by atomic mass is 9.98. The molecule has 0 radical (unpaired) electrons. The summed E-state index contributed by atoms with van der Waals surface area (Å²) in [5.74, 6) is 0.428. The highest BCUT2D eigenvalue weighted by atomic mass is 16.5. The van der Waals surface area contributed by atoms with Crippen LogP contribution in [-0.2, 0) is 0 Å². The Balaban J connectivity index is 3.25. The van der Waals surface area contributed by atoms with Gasteiger partial charge in [0.25, 0.3) is 0 Å². The standard InChI is InChI=1S/C12H19NO3/c1-7-6-9(10(14)4-5-13)11(15)12(16-3)8(7)2/h6,10,14-15H,4-5,13H2,1-3H3. The fraction of sp³-hybridized carbons (Fsp3) is 0.500. The molecule has 0 aromatic heterocycles. The zero-order valence-corrected chi connectivity index (χ0v) is 9.95. The Kier molecular flexibility index (Phi) is 4.15. The van der Waals surface area contributed by atoms with Crippen LogP contribution in [0.3, 0.4) is 0 Å². The molecular weight excluding hydrogens is 206 g/mol. The van der Waals surface area contributed by atoms with Crippen molar-refractivity contribution >= 4 is 0 Å². The van der Waals surface area contributed by atoms with Gasteiger partial charge in [0.1, 0.15) is 0 Å². The largest absolute Gasteiger partial charge is 0.504 e. The lowest BCUT2D eigenvalue weighted by Gasteiger charge is -2.17. The van der Waals surface area contributed by atoms with E-state index < -0.39 is 6.10 Å². The topological polar surface area (TPSA) is 75.7 Å². The molecule has 4 N–H and O–H groups in total. The Morgan fingerprint density at radius 2 is 2.06 bits per heavy atom. The van der Waals surface area contributed by atoms with Crippen molar-refractivity contribution in [3.8, 4) is 11.5 Å². The third-order valence-corrected chi connectivity index (χ3v) is 2.80. The number of hydrogen-bond acceptors (Lipinski definition) is 4. The molecule has 90 valence electrons. The van der Waals surface area contributed by atoms with Crippen LogP contribution in [0, 0.1) is 13.8 Å². The quantitative estimate of drug-likeness (QED) is 0.724. The van der Waals surface area contributed by atoms with Gasteiger partial charge >= 0.3 is 0 Å². The SMILES string of the molecule is COc1c(C)c(C)cc(C(O)CCN)c1O. The van der Waals surface area contributed by atoms with Crippen molar-refractivity contribution in [2.45, 2.75) is 26.4 Å². The number of aliphatic hydroxyl groups is 1. The summed E-state index contributed by atoms with van der Waals surface area (Å²) in [5.41, 5.74) is 7.71. The van der Waals surface area contributed by atoms with Gasteiger partial charge in [0, 0.05) is 5.56 Å². The maximum atomic E-state index is 9.97. The van der Waals surface area contributed by atoms with Crippen LogP contribution in [0.4, 0.5) is 0 Å². The summed E-state index contributed by atoms with van der Waals surface area (Å²) in [6.07, 6.45) is -0.336. The maximum Gasteiger partial charge on any atom is 0.164 e. The van der Waals surface area contributed by atoms with Gasteiger partial charge in [-0.2, -0.15) is 0 Å². The van der Waals surface area contributed by atoms with Crippen LogP contribution in [0.1, 0.15) is 29.2 Å². The summed E-state index contributed by atoms with van der Waals surface area (Å²) in [7, 11) is 1.50. The third-order valence-electron chi connectivity index (χ3n) is 2.80. The average Bonchev–Trinajstić information content (AvgIpc) is 2.24. The molecule has 1 atom stereocenters. The summed E-state index contributed by atoms with van der Waals surface area (Å²) < 4.78 is 5.13. The van der Waals surface area contributed by atoms with E-state index in [1.807, 2.05) is 13.8 Å². The number of aryl methyl sites for hydroxylation is 1.